The summed E-state index contributed by atoms with van der Waals surface area (Å²) in [6, 6.07) is 9.23. The molecule has 0 saturated carbocycles. The SMILES string of the molecule is CN(C(=O)COc1ccccc1)c1ncnc2c1ncn2[C@@H]1O[C@@H]2CO[Si](C(C)(C)C)(C(C)(C)C)O[C@H]2[C@H]1O[Si](C)(C)C(C)(C)C. The minimum absolute atomic E-state index is 0.0411. The van der Waals surface area contributed by atoms with Crippen LogP contribution in [0.5, 0.6) is 5.75 Å². The van der Waals surface area contributed by atoms with Crippen LogP contribution in [0.2, 0.25) is 28.2 Å². The van der Waals surface area contributed by atoms with E-state index >= 15 is 0 Å². The lowest BCUT2D eigenvalue weighted by atomic mass is 10.1. The number of hydrogen-bond acceptors (Lipinski definition) is 9. The van der Waals surface area contributed by atoms with Crippen LogP contribution in [0.25, 0.3) is 11.2 Å². The van der Waals surface area contributed by atoms with Gasteiger partial charge in [0.25, 0.3) is 5.91 Å². The van der Waals surface area contributed by atoms with Gasteiger partial charge in [-0.25, -0.2) is 15.0 Å². The van der Waals surface area contributed by atoms with Crippen LogP contribution in [0, 0.1) is 0 Å². The third-order valence-corrected chi connectivity index (χ3v) is 19.3. The molecule has 3 aromatic rings. The van der Waals surface area contributed by atoms with E-state index in [2.05, 4.69) is 85.4 Å². The van der Waals surface area contributed by atoms with Crippen molar-refractivity contribution in [2.75, 3.05) is 25.2 Å². The van der Waals surface area contributed by atoms with E-state index in [0.717, 1.165) is 0 Å². The van der Waals surface area contributed by atoms with Crippen LogP contribution < -0.4 is 9.64 Å². The molecule has 1 amide bonds. The zero-order valence-corrected chi connectivity index (χ0v) is 31.5. The standard InChI is InChI=1S/C33H51N5O6Si2/c1-31(2,3)45(11,12)43-27-26-23(18-41-46(44-26,32(4,5)6)33(7,8)9)42-30(27)38-21-36-25-28(34-20-35-29(25)38)37(10)24(39)19-40-22-16-14-13-15-17-22/h13-17,20-21,23,26-27,30H,18-19H2,1-12H3/t23-,26-,27-,30-/m1/s1. The van der Waals surface area contributed by atoms with Gasteiger partial charge in [0.2, 0.25) is 0 Å². The van der Waals surface area contributed by atoms with Crippen LogP contribution in [0.3, 0.4) is 0 Å². The summed E-state index contributed by atoms with van der Waals surface area (Å²) in [6.07, 6.45) is 1.47. The Morgan fingerprint density at radius 3 is 2.28 bits per heavy atom. The van der Waals surface area contributed by atoms with Gasteiger partial charge in [-0.15, -0.1) is 0 Å². The maximum atomic E-state index is 13.2. The number of amides is 1. The van der Waals surface area contributed by atoms with E-state index in [-0.39, 0.29) is 39.8 Å². The first-order valence-corrected chi connectivity index (χ1v) is 20.8. The number of carbonyl (C=O) groups is 1. The number of hydrogen-bond donors (Lipinski definition) is 0. The smallest absolute Gasteiger partial charge is 0.349 e. The van der Waals surface area contributed by atoms with Gasteiger partial charge in [0.15, 0.2) is 38.1 Å². The molecule has 2 aliphatic rings. The summed E-state index contributed by atoms with van der Waals surface area (Å²) in [5.74, 6) is 0.733. The van der Waals surface area contributed by atoms with E-state index < -0.39 is 29.2 Å². The second kappa shape index (κ2) is 12.1. The summed E-state index contributed by atoms with van der Waals surface area (Å²) in [5, 5.41) is -0.428. The summed E-state index contributed by atoms with van der Waals surface area (Å²) < 4.78 is 35.6. The lowest BCUT2D eigenvalue weighted by Crippen LogP contribution is -2.66. The molecule has 2 saturated heterocycles. The maximum Gasteiger partial charge on any atom is 0.349 e. The van der Waals surface area contributed by atoms with Gasteiger partial charge in [-0.05, 0) is 30.3 Å². The molecule has 0 N–H and O–H groups in total. The highest BCUT2D eigenvalue weighted by Crippen LogP contribution is 2.56. The number of fused-ring (bicyclic) bond motifs is 2. The van der Waals surface area contributed by atoms with Crippen molar-refractivity contribution >= 4 is 39.8 Å². The van der Waals surface area contributed by atoms with Crippen LogP contribution in [0.1, 0.15) is 68.5 Å². The first kappa shape index (κ1) is 34.6. The highest BCUT2D eigenvalue weighted by molar-refractivity contribution is 6.74. The second-order valence-electron chi connectivity index (χ2n) is 16.0. The van der Waals surface area contributed by atoms with Crippen molar-refractivity contribution in [2.24, 2.45) is 0 Å². The molecule has 0 spiro atoms. The number of aromatic nitrogens is 4. The third-order valence-electron chi connectivity index (χ3n) is 9.66. The third kappa shape index (κ3) is 6.17. The molecule has 4 atom stereocenters. The molecule has 252 valence electrons. The van der Waals surface area contributed by atoms with Gasteiger partial charge in [-0.3, -0.25) is 14.3 Å². The van der Waals surface area contributed by atoms with Gasteiger partial charge >= 0.3 is 8.56 Å². The molecular weight excluding hydrogens is 619 g/mol. The van der Waals surface area contributed by atoms with Crippen LogP contribution in [0.4, 0.5) is 5.82 Å². The van der Waals surface area contributed by atoms with Crippen molar-refractivity contribution in [3.05, 3.63) is 43.0 Å². The van der Waals surface area contributed by atoms with Crippen LogP contribution in [0.15, 0.2) is 43.0 Å². The fourth-order valence-electron chi connectivity index (χ4n) is 6.34. The molecule has 13 heteroatoms. The molecule has 11 nitrogen and oxygen atoms in total. The molecule has 4 heterocycles. The number of anilines is 1. The van der Waals surface area contributed by atoms with E-state index in [1.54, 1.807) is 13.4 Å². The monoisotopic (exact) mass is 669 g/mol. The Kier molecular flexibility index (Phi) is 9.10. The normalized spacial score (nSPS) is 23.7. The van der Waals surface area contributed by atoms with Crippen molar-refractivity contribution in [1.82, 2.24) is 19.5 Å². The van der Waals surface area contributed by atoms with Gasteiger partial charge in [-0.1, -0.05) is 80.5 Å². The van der Waals surface area contributed by atoms with Gasteiger partial charge in [-0.2, -0.15) is 0 Å². The number of ether oxygens (including phenoxy) is 2. The minimum atomic E-state index is -2.82. The maximum absolute atomic E-state index is 13.2. The highest BCUT2D eigenvalue weighted by Gasteiger charge is 2.66. The summed E-state index contributed by atoms with van der Waals surface area (Å²) in [6.45, 7) is 24.8. The number of nitrogens with zero attached hydrogens (tertiary/aromatic N) is 5. The van der Waals surface area contributed by atoms with Gasteiger partial charge in [0.1, 0.15) is 30.4 Å². The summed E-state index contributed by atoms with van der Waals surface area (Å²) >= 11 is 0. The summed E-state index contributed by atoms with van der Waals surface area (Å²) in [4.78, 5) is 28.4. The zero-order chi connectivity index (χ0) is 33.9. The quantitative estimate of drug-likeness (QED) is 0.257. The van der Waals surface area contributed by atoms with Crippen molar-refractivity contribution < 1.29 is 27.5 Å². The fourth-order valence-corrected chi connectivity index (χ4v) is 12.6. The molecule has 0 aliphatic carbocycles. The topological polar surface area (TPSA) is 110 Å². The molecule has 0 radical (unpaired) electrons. The molecule has 1 aromatic carbocycles. The molecule has 0 unspecified atom stereocenters. The number of imidazole rings is 1. The molecular formula is C33H51N5O6Si2. The lowest BCUT2D eigenvalue weighted by molar-refractivity contribution is -0.120. The Morgan fingerprint density at radius 2 is 1.67 bits per heavy atom. The number of rotatable bonds is 7. The molecule has 46 heavy (non-hydrogen) atoms. The first-order valence-electron chi connectivity index (χ1n) is 16.0. The molecule has 2 aliphatic heterocycles. The number of likely N-dealkylation sites (N-methyl/N-ethyl adjacent to an activating group) is 1. The van der Waals surface area contributed by atoms with Crippen LogP contribution in [-0.2, 0) is 22.8 Å². The Morgan fingerprint density at radius 1 is 1.02 bits per heavy atom. The highest BCUT2D eigenvalue weighted by atomic mass is 28.4. The Labute approximate surface area is 275 Å². The Hall–Kier alpha value is -2.69. The summed E-state index contributed by atoms with van der Waals surface area (Å²) in [7, 11) is -3.47. The van der Waals surface area contributed by atoms with E-state index in [9.17, 15) is 4.79 Å². The van der Waals surface area contributed by atoms with E-state index in [0.29, 0.717) is 29.3 Å². The van der Waals surface area contributed by atoms with Crippen molar-refractivity contribution in [1.29, 1.82) is 0 Å². The van der Waals surface area contributed by atoms with Crippen LogP contribution in [-0.4, -0.2) is 80.9 Å². The number of benzene rings is 1. The fraction of sp³-hybridized carbons (Fsp3) is 0.636. The van der Waals surface area contributed by atoms with Crippen molar-refractivity contribution in [3.63, 3.8) is 0 Å². The van der Waals surface area contributed by atoms with E-state index in [4.69, 9.17) is 27.7 Å². The van der Waals surface area contributed by atoms with E-state index in [1.165, 1.54) is 11.2 Å². The number of para-hydroxylation sites is 1. The molecule has 0 bridgehead atoms. The van der Waals surface area contributed by atoms with Crippen molar-refractivity contribution in [2.45, 2.75) is 115 Å². The Bertz CT molecular complexity index is 1530. The zero-order valence-electron chi connectivity index (χ0n) is 29.5. The lowest BCUT2D eigenvalue weighted by Gasteiger charge is -2.54. The second-order valence-corrected chi connectivity index (χ2v) is 25.5. The predicted molar refractivity (Wildman–Crippen MR) is 183 cm³/mol. The summed E-state index contributed by atoms with van der Waals surface area (Å²) in [5.41, 5.74) is 1.02. The van der Waals surface area contributed by atoms with Gasteiger partial charge in [0.05, 0.1) is 12.9 Å². The average molecular weight is 670 g/mol. The largest absolute Gasteiger partial charge is 0.484 e. The van der Waals surface area contributed by atoms with Crippen molar-refractivity contribution in [3.8, 4) is 5.75 Å². The Balaban J connectivity index is 1.51. The molecule has 5 rings (SSSR count). The molecule has 2 fully saturated rings. The minimum Gasteiger partial charge on any atom is -0.484 e. The molecule has 2 aromatic heterocycles. The van der Waals surface area contributed by atoms with Crippen LogP contribution >= 0.6 is 0 Å². The van der Waals surface area contributed by atoms with Gasteiger partial charge in [0, 0.05) is 17.1 Å². The first-order chi connectivity index (χ1) is 21.3. The average Bonchev–Trinajstić information content (AvgIpc) is 3.55. The van der Waals surface area contributed by atoms with E-state index in [1.807, 2.05) is 34.9 Å². The number of carbonyl (C=O) groups excluding carboxylic acids is 1. The predicted octanol–water partition coefficient (Wildman–Crippen LogP) is 6.61. The van der Waals surface area contributed by atoms with Gasteiger partial charge < -0.3 is 22.8 Å².